The zero-order valence-corrected chi connectivity index (χ0v) is 23.3. The number of anilines is 2. The van der Waals surface area contributed by atoms with Gasteiger partial charge in [-0.2, -0.15) is 0 Å². The lowest BCUT2D eigenvalue weighted by Gasteiger charge is -2.23. The predicted molar refractivity (Wildman–Crippen MR) is 168 cm³/mol. The maximum atomic E-state index is 13.8. The smallest absolute Gasteiger partial charge is 0.258 e. The number of H-pyrrole nitrogens is 1. The second-order valence-electron chi connectivity index (χ2n) is 10.4. The van der Waals surface area contributed by atoms with Gasteiger partial charge in [-0.05, 0) is 66.9 Å². The second-order valence-corrected chi connectivity index (χ2v) is 10.4. The Balaban J connectivity index is 1.20. The molecule has 1 aliphatic rings. The molecule has 0 saturated carbocycles. The van der Waals surface area contributed by atoms with Gasteiger partial charge in [0.05, 0.1) is 11.4 Å². The van der Waals surface area contributed by atoms with Crippen molar-refractivity contribution in [1.82, 2.24) is 9.97 Å². The third-order valence-corrected chi connectivity index (χ3v) is 7.62. The predicted octanol–water partition coefficient (Wildman–Crippen LogP) is 6.48. The van der Waals surface area contributed by atoms with Crippen LogP contribution >= 0.6 is 0 Å². The lowest BCUT2D eigenvalue weighted by atomic mass is 9.99. The summed E-state index contributed by atoms with van der Waals surface area (Å²) in [6.45, 7) is 1.21. The number of hydrogen-bond donors (Lipinski definition) is 3. The summed E-state index contributed by atoms with van der Waals surface area (Å²) < 4.78 is 0. The Hall–Kier alpha value is -5.01. The number of rotatable bonds is 8. The van der Waals surface area contributed by atoms with Gasteiger partial charge in [-0.25, -0.2) is 4.98 Å². The van der Waals surface area contributed by atoms with Crippen LogP contribution in [0.4, 0.5) is 11.4 Å². The minimum atomic E-state index is -0.203. The molecule has 4 N–H and O–H groups in total. The van der Waals surface area contributed by atoms with Gasteiger partial charge in [0.1, 0.15) is 5.82 Å². The highest BCUT2D eigenvalue weighted by Crippen LogP contribution is 2.36. The highest BCUT2D eigenvalue weighted by molar-refractivity contribution is 6.10. The number of nitrogens with two attached hydrogens (primary N) is 1. The Bertz CT molecular complexity index is 1710. The van der Waals surface area contributed by atoms with Crippen LogP contribution in [0.1, 0.15) is 45.1 Å². The van der Waals surface area contributed by atoms with E-state index in [0.717, 1.165) is 58.9 Å². The molecule has 0 radical (unpaired) electrons. The zero-order chi connectivity index (χ0) is 28.9. The van der Waals surface area contributed by atoms with E-state index in [4.69, 9.17) is 10.7 Å². The molecule has 0 unspecified atom stereocenters. The van der Waals surface area contributed by atoms with Gasteiger partial charge < -0.3 is 20.9 Å². The number of carbonyl (C=O) groups excluding carboxylic acids is 2. The van der Waals surface area contributed by atoms with E-state index in [2.05, 4.69) is 10.3 Å². The third-order valence-electron chi connectivity index (χ3n) is 7.62. The van der Waals surface area contributed by atoms with E-state index < -0.39 is 0 Å². The largest absolute Gasteiger partial charge is 0.345 e. The summed E-state index contributed by atoms with van der Waals surface area (Å²) >= 11 is 0. The summed E-state index contributed by atoms with van der Waals surface area (Å²) in [7, 11) is 0. The number of aromatic nitrogens is 2. The molecule has 0 fully saturated rings. The van der Waals surface area contributed by atoms with Crippen LogP contribution < -0.4 is 16.0 Å². The molecule has 1 aromatic heterocycles. The van der Waals surface area contributed by atoms with Gasteiger partial charge >= 0.3 is 0 Å². The van der Waals surface area contributed by atoms with E-state index in [1.54, 1.807) is 24.3 Å². The molecule has 5 aromatic rings. The zero-order valence-electron chi connectivity index (χ0n) is 23.3. The maximum absolute atomic E-state index is 13.8. The number of amides is 2. The summed E-state index contributed by atoms with van der Waals surface area (Å²) in [5, 5.41) is 2.99. The number of para-hydroxylation sites is 1. The summed E-state index contributed by atoms with van der Waals surface area (Å²) in [6, 6.07) is 32.4. The molecule has 210 valence electrons. The van der Waals surface area contributed by atoms with Crippen LogP contribution in [0.15, 0.2) is 103 Å². The van der Waals surface area contributed by atoms with Gasteiger partial charge in [0.25, 0.3) is 11.8 Å². The van der Waals surface area contributed by atoms with Crippen molar-refractivity contribution < 1.29 is 9.59 Å². The van der Waals surface area contributed by atoms with Crippen molar-refractivity contribution in [3.8, 4) is 22.4 Å². The van der Waals surface area contributed by atoms with E-state index >= 15 is 0 Å². The van der Waals surface area contributed by atoms with Gasteiger partial charge in [0.2, 0.25) is 0 Å². The average Bonchev–Trinajstić information content (AvgIpc) is 3.38. The van der Waals surface area contributed by atoms with Gasteiger partial charge in [-0.15, -0.1) is 0 Å². The first-order chi connectivity index (χ1) is 20.6. The first-order valence-electron chi connectivity index (χ1n) is 14.4. The monoisotopic (exact) mass is 555 g/mol. The van der Waals surface area contributed by atoms with Gasteiger partial charge in [0, 0.05) is 47.5 Å². The van der Waals surface area contributed by atoms with Crippen LogP contribution in [0.2, 0.25) is 0 Å². The van der Waals surface area contributed by atoms with Crippen LogP contribution in [-0.4, -0.2) is 34.9 Å². The van der Waals surface area contributed by atoms with E-state index in [0.29, 0.717) is 36.3 Å². The molecule has 6 rings (SSSR count). The molecule has 4 aromatic carbocycles. The number of imidazole rings is 1. The van der Waals surface area contributed by atoms with E-state index in [-0.39, 0.29) is 11.8 Å². The molecule has 7 nitrogen and oxygen atoms in total. The summed E-state index contributed by atoms with van der Waals surface area (Å²) in [4.78, 5) is 37.2. The lowest BCUT2D eigenvalue weighted by molar-refractivity contribution is 0.0986. The number of aromatic amines is 1. The number of fused-ring (bicyclic) bond motifs is 3. The van der Waals surface area contributed by atoms with Crippen LogP contribution in [0, 0.1) is 0 Å². The van der Waals surface area contributed by atoms with E-state index in [1.165, 1.54) is 0 Å². The molecule has 0 aliphatic carbocycles. The van der Waals surface area contributed by atoms with Crippen LogP contribution in [0.25, 0.3) is 22.4 Å². The number of aryl methyl sites for hydroxylation is 1. The van der Waals surface area contributed by atoms with Gasteiger partial charge in [-0.3, -0.25) is 9.59 Å². The van der Waals surface area contributed by atoms with Gasteiger partial charge in [-0.1, -0.05) is 66.7 Å². The van der Waals surface area contributed by atoms with Crippen molar-refractivity contribution in [2.75, 3.05) is 23.3 Å². The number of benzene rings is 4. The fraction of sp³-hybridized carbons (Fsp3) is 0.171. The second kappa shape index (κ2) is 12.2. The first-order valence-corrected chi connectivity index (χ1v) is 14.4. The molecule has 0 bridgehead atoms. The molecule has 0 atom stereocenters. The molecular weight excluding hydrogens is 522 g/mol. The topological polar surface area (TPSA) is 104 Å². The fourth-order valence-corrected chi connectivity index (χ4v) is 5.49. The molecule has 2 amide bonds. The minimum Gasteiger partial charge on any atom is -0.345 e. The van der Waals surface area contributed by atoms with Gasteiger partial charge in [0.15, 0.2) is 0 Å². The molecule has 0 spiro atoms. The number of carbonyl (C=O) groups is 2. The number of unbranched alkanes of at least 4 members (excludes halogenated alkanes) is 1. The molecule has 2 heterocycles. The quantitative estimate of drug-likeness (QED) is 0.191. The van der Waals surface area contributed by atoms with Crippen molar-refractivity contribution in [2.45, 2.75) is 25.7 Å². The Morgan fingerprint density at radius 3 is 2.33 bits per heavy atom. The van der Waals surface area contributed by atoms with Crippen molar-refractivity contribution in [3.05, 3.63) is 126 Å². The molecule has 0 saturated heterocycles. The molecule has 42 heavy (non-hydrogen) atoms. The maximum Gasteiger partial charge on any atom is 0.258 e. The summed E-state index contributed by atoms with van der Waals surface area (Å²) in [6.07, 6.45) is 3.49. The standard InChI is InChI=1S/C35H33N5O2/c36-22-9-8-16-32-38-30-21-23-40(31-15-7-6-14-29(31)33(30)39-32)35(42)25-17-19-26(20-18-25)37-34(41)28-13-5-4-12-27(28)24-10-2-1-3-11-24/h1-7,10-15,17-20H,8-9,16,21-23,36H2,(H,37,41)(H,38,39). The Morgan fingerprint density at radius 1 is 0.833 bits per heavy atom. The van der Waals surface area contributed by atoms with Crippen LogP contribution in [-0.2, 0) is 12.8 Å². The van der Waals surface area contributed by atoms with Crippen molar-refractivity contribution in [3.63, 3.8) is 0 Å². The first kappa shape index (κ1) is 27.2. The molecular formula is C35H33N5O2. The highest BCUT2D eigenvalue weighted by atomic mass is 16.2. The Labute approximate surface area is 245 Å². The molecule has 1 aliphatic heterocycles. The van der Waals surface area contributed by atoms with Crippen LogP contribution in [0.5, 0.6) is 0 Å². The Kier molecular flexibility index (Phi) is 7.92. The number of nitrogens with one attached hydrogen (secondary N) is 2. The van der Waals surface area contributed by atoms with Crippen molar-refractivity contribution in [2.24, 2.45) is 5.73 Å². The number of nitrogens with zero attached hydrogens (tertiary/aromatic N) is 2. The molecule has 7 heteroatoms. The fourth-order valence-electron chi connectivity index (χ4n) is 5.49. The lowest BCUT2D eigenvalue weighted by Crippen LogP contribution is -2.32. The SMILES string of the molecule is NCCCCc1nc2c([nH]1)CCN(C(=O)c1ccc(NC(=O)c3ccccc3-c3ccccc3)cc1)c1ccccc1-2. The average molecular weight is 556 g/mol. The highest BCUT2D eigenvalue weighted by Gasteiger charge is 2.27. The number of hydrogen-bond acceptors (Lipinski definition) is 4. The van der Waals surface area contributed by atoms with Crippen molar-refractivity contribution >= 4 is 23.2 Å². The minimum absolute atomic E-state index is 0.0944. The summed E-state index contributed by atoms with van der Waals surface area (Å²) in [5.41, 5.74) is 13.0. The van der Waals surface area contributed by atoms with E-state index in [1.807, 2.05) is 83.8 Å². The summed E-state index contributed by atoms with van der Waals surface area (Å²) in [5.74, 6) is 0.668. The van der Waals surface area contributed by atoms with Crippen molar-refractivity contribution in [1.29, 1.82) is 0 Å². The van der Waals surface area contributed by atoms with Crippen LogP contribution in [0.3, 0.4) is 0 Å². The normalized spacial score (nSPS) is 12.3. The van der Waals surface area contributed by atoms with E-state index in [9.17, 15) is 9.59 Å². The third kappa shape index (κ3) is 5.60. The Morgan fingerprint density at radius 2 is 1.55 bits per heavy atom.